The molecule has 8 aromatic rings. The maximum atomic E-state index is 7.01. The second-order valence-corrected chi connectivity index (χ2v) is 15.5. The van der Waals surface area contributed by atoms with E-state index in [0.717, 1.165) is 27.5 Å². The molecule has 0 amide bonds. The van der Waals surface area contributed by atoms with Crippen LogP contribution >= 0.6 is 0 Å². The molecule has 0 radical (unpaired) electrons. The second kappa shape index (κ2) is 13.2. The van der Waals surface area contributed by atoms with Gasteiger partial charge in [0, 0.05) is 16.5 Å². The number of nitrogens with two attached hydrogens (primary N) is 1. The SMILES string of the molecule is CC1(C)c2ccccc2-c2ccc(CN=C(N=C(N)c3cccc4ccccc34)c3ccc4c(c3)C(c3ccccc3)(c3ccccc3)c3ccccc3-4)cc21. The lowest BCUT2D eigenvalue weighted by Crippen LogP contribution is -2.28. The number of amidine groups is 2. The first kappa shape index (κ1) is 33.7. The van der Waals surface area contributed by atoms with Crippen molar-refractivity contribution in [3.8, 4) is 22.3 Å². The van der Waals surface area contributed by atoms with Crippen LogP contribution < -0.4 is 5.73 Å². The van der Waals surface area contributed by atoms with Crippen molar-refractivity contribution in [3.05, 3.63) is 238 Å². The first-order chi connectivity index (χ1) is 27.4. The van der Waals surface area contributed by atoms with Crippen molar-refractivity contribution in [1.29, 1.82) is 0 Å². The summed E-state index contributed by atoms with van der Waals surface area (Å²) in [4.78, 5) is 10.6. The molecule has 3 heteroatoms. The molecule has 0 aromatic heterocycles. The molecule has 0 bridgehead atoms. The number of rotatable bonds is 6. The maximum absolute atomic E-state index is 7.01. The standard InChI is InChI=1S/C53H41N3/c1-52(2)46-26-13-11-23-41(46)43-30-28-35(32-48(43)52)34-55-51(56-50(54)45-25-15-17-36-16-9-10-22-40(36)45)37-29-31-44-42-24-12-14-27-47(42)53(49(44)33-37,38-18-5-3-6-19-38)39-20-7-4-8-21-39/h3-33H,34H2,1-2H3,(H2,54,55,56). The minimum Gasteiger partial charge on any atom is -0.383 e. The van der Waals surface area contributed by atoms with Crippen LogP contribution in [0.1, 0.15) is 63.9 Å². The summed E-state index contributed by atoms with van der Waals surface area (Å²) in [6.07, 6.45) is 0. The highest BCUT2D eigenvalue weighted by atomic mass is 15.0. The molecular formula is C53H41N3. The van der Waals surface area contributed by atoms with E-state index in [1.807, 2.05) is 18.2 Å². The second-order valence-electron chi connectivity index (χ2n) is 15.5. The summed E-state index contributed by atoms with van der Waals surface area (Å²) in [6, 6.07) is 67.4. The van der Waals surface area contributed by atoms with Gasteiger partial charge in [-0.05, 0) is 78.0 Å². The van der Waals surface area contributed by atoms with Crippen LogP contribution in [0.25, 0.3) is 33.0 Å². The summed E-state index contributed by atoms with van der Waals surface area (Å²) in [6.45, 7) is 5.10. The lowest BCUT2D eigenvalue weighted by molar-refractivity contribution is 0.659. The molecule has 0 spiro atoms. The lowest BCUT2D eigenvalue weighted by atomic mass is 9.67. The Morgan fingerprint density at radius 3 is 1.82 bits per heavy atom. The van der Waals surface area contributed by atoms with Crippen molar-refractivity contribution in [2.45, 2.75) is 31.2 Å². The third kappa shape index (κ3) is 5.19. The average molecular weight is 720 g/mol. The molecule has 0 unspecified atom stereocenters. The molecule has 56 heavy (non-hydrogen) atoms. The molecule has 8 aromatic carbocycles. The zero-order chi connectivity index (χ0) is 37.9. The Kier molecular flexibility index (Phi) is 7.93. The van der Waals surface area contributed by atoms with Crippen LogP contribution in [0.3, 0.4) is 0 Å². The third-order valence-corrected chi connectivity index (χ3v) is 12.1. The van der Waals surface area contributed by atoms with E-state index in [0.29, 0.717) is 18.2 Å². The molecule has 3 nitrogen and oxygen atoms in total. The molecular weight excluding hydrogens is 679 g/mol. The molecule has 0 fully saturated rings. The highest BCUT2D eigenvalue weighted by Gasteiger charge is 2.46. The van der Waals surface area contributed by atoms with Crippen LogP contribution in [0, 0.1) is 0 Å². The van der Waals surface area contributed by atoms with Crippen molar-refractivity contribution < 1.29 is 0 Å². The van der Waals surface area contributed by atoms with Crippen molar-refractivity contribution in [1.82, 2.24) is 0 Å². The molecule has 0 heterocycles. The fourth-order valence-corrected chi connectivity index (χ4v) is 9.41. The van der Waals surface area contributed by atoms with Gasteiger partial charge in [0.05, 0.1) is 12.0 Å². The van der Waals surface area contributed by atoms with Gasteiger partial charge in [0.2, 0.25) is 0 Å². The van der Waals surface area contributed by atoms with Gasteiger partial charge in [0.25, 0.3) is 0 Å². The zero-order valence-corrected chi connectivity index (χ0v) is 31.6. The van der Waals surface area contributed by atoms with E-state index in [4.69, 9.17) is 15.7 Å². The molecule has 0 saturated carbocycles. The van der Waals surface area contributed by atoms with Gasteiger partial charge >= 0.3 is 0 Å². The first-order valence-corrected chi connectivity index (χ1v) is 19.4. The molecule has 268 valence electrons. The molecule has 0 aliphatic heterocycles. The molecule has 0 saturated heterocycles. The minimum absolute atomic E-state index is 0.0986. The Balaban J connectivity index is 1.16. The van der Waals surface area contributed by atoms with E-state index >= 15 is 0 Å². The van der Waals surface area contributed by atoms with E-state index in [1.165, 1.54) is 55.6 Å². The summed E-state index contributed by atoms with van der Waals surface area (Å²) < 4.78 is 0. The fourth-order valence-electron chi connectivity index (χ4n) is 9.41. The summed E-state index contributed by atoms with van der Waals surface area (Å²) >= 11 is 0. The van der Waals surface area contributed by atoms with Crippen molar-refractivity contribution in [2.24, 2.45) is 15.7 Å². The van der Waals surface area contributed by atoms with E-state index in [9.17, 15) is 0 Å². The zero-order valence-electron chi connectivity index (χ0n) is 31.6. The van der Waals surface area contributed by atoms with Gasteiger partial charge in [-0.1, -0.05) is 196 Å². The monoisotopic (exact) mass is 719 g/mol. The molecule has 2 aliphatic rings. The normalized spacial score (nSPS) is 14.9. The van der Waals surface area contributed by atoms with Gasteiger partial charge in [-0.25, -0.2) is 4.99 Å². The predicted molar refractivity (Wildman–Crippen MR) is 233 cm³/mol. The van der Waals surface area contributed by atoms with Gasteiger partial charge in [-0.3, -0.25) is 4.99 Å². The molecule has 0 atom stereocenters. The number of hydrogen-bond donors (Lipinski definition) is 1. The fraction of sp³-hybridized carbons (Fsp3) is 0.0943. The Bertz CT molecular complexity index is 2820. The Labute approximate surface area is 328 Å². The van der Waals surface area contributed by atoms with Crippen LogP contribution in [-0.4, -0.2) is 11.7 Å². The van der Waals surface area contributed by atoms with Gasteiger partial charge in [-0.2, -0.15) is 0 Å². The predicted octanol–water partition coefficient (Wildman–Crippen LogP) is 11.9. The first-order valence-electron chi connectivity index (χ1n) is 19.4. The highest BCUT2D eigenvalue weighted by Crippen LogP contribution is 2.56. The summed E-state index contributed by atoms with van der Waals surface area (Å²) in [5, 5.41) is 2.18. The lowest BCUT2D eigenvalue weighted by Gasteiger charge is -2.34. The van der Waals surface area contributed by atoms with Crippen LogP contribution in [0.2, 0.25) is 0 Å². The van der Waals surface area contributed by atoms with Crippen molar-refractivity contribution >= 4 is 22.4 Å². The topological polar surface area (TPSA) is 50.7 Å². The number of aliphatic imine (C=N–C) groups is 2. The Morgan fingerprint density at radius 2 is 1.07 bits per heavy atom. The number of hydrogen-bond acceptors (Lipinski definition) is 1. The van der Waals surface area contributed by atoms with Crippen LogP contribution in [0.4, 0.5) is 0 Å². The van der Waals surface area contributed by atoms with E-state index in [2.05, 4.69) is 184 Å². The number of fused-ring (bicyclic) bond motifs is 7. The van der Waals surface area contributed by atoms with E-state index in [1.54, 1.807) is 0 Å². The average Bonchev–Trinajstić information content (AvgIpc) is 3.68. The maximum Gasteiger partial charge on any atom is 0.157 e. The van der Waals surface area contributed by atoms with Crippen LogP contribution in [0.15, 0.2) is 198 Å². The van der Waals surface area contributed by atoms with Gasteiger partial charge in [0.15, 0.2) is 5.84 Å². The van der Waals surface area contributed by atoms with Gasteiger partial charge in [-0.15, -0.1) is 0 Å². The summed E-state index contributed by atoms with van der Waals surface area (Å²) in [7, 11) is 0. The molecule has 10 rings (SSSR count). The van der Waals surface area contributed by atoms with Gasteiger partial charge in [0.1, 0.15) is 5.84 Å². The number of benzene rings is 8. The third-order valence-electron chi connectivity index (χ3n) is 12.1. The van der Waals surface area contributed by atoms with Crippen molar-refractivity contribution in [2.75, 3.05) is 0 Å². The largest absolute Gasteiger partial charge is 0.383 e. The quantitative estimate of drug-likeness (QED) is 0.135. The van der Waals surface area contributed by atoms with Crippen LogP contribution in [-0.2, 0) is 17.4 Å². The van der Waals surface area contributed by atoms with E-state index < -0.39 is 5.41 Å². The minimum atomic E-state index is -0.541. The summed E-state index contributed by atoms with van der Waals surface area (Å²) in [5.41, 5.74) is 22.0. The van der Waals surface area contributed by atoms with Gasteiger partial charge < -0.3 is 5.73 Å². The Hall–Kier alpha value is -6.84. The van der Waals surface area contributed by atoms with E-state index in [-0.39, 0.29) is 5.41 Å². The molecule has 2 aliphatic carbocycles. The Morgan fingerprint density at radius 1 is 0.500 bits per heavy atom. The number of nitrogens with zero attached hydrogens (tertiary/aromatic N) is 2. The van der Waals surface area contributed by atoms with Crippen LogP contribution in [0.5, 0.6) is 0 Å². The highest BCUT2D eigenvalue weighted by molar-refractivity contribution is 6.16. The smallest absolute Gasteiger partial charge is 0.157 e. The molecule has 2 N–H and O–H groups in total. The van der Waals surface area contributed by atoms with Crippen molar-refractivity contribution in [3.63, 3.8) is 0 Å². The summed E-state index contributed by atoms with van der Waals surface area (Å²) in [5.74, 6) is 1.04.